The Morgan fingerprint density at radius 2 is 1.88 bits per heavy atom. The van der Waals surface area contributed by atoms with Gasteiger partial charge in [-0.2, -0.15) is 0 Å². The maximum atomic E-state index is 11.5. The highest BCUT2D eigenvalue weighted by molar-refractivity contribution is 7.99. The van der Waals surface area contributed by atoms with Gasteiger partial charge in [0.05, 0.1) is 23.0 Å². The summed E-state index contributed by atoms with van der Waals surface area (Å²) < 4.78 is 5.34. The van der Waals surface area contributed by atoms with Gasteiger partial charge in [-0.15, -0.1) is 0 Å². The summed E-state index contributed by atoms with van der Waals surface area (Å²) in [7, 11) is 0. The lowest BCUT2D eigenvalue weighted by Gasteiger charge is -2.26. The van der Waals surface area contributed by atoms with Crippen molar-refractivity contribution < 1.29 is 9.66 Å². The number of ether oxygens (including phenoxy) is 1. The molecule has 6 heteroatoms. The molecule has 0 aliphatic carbocycles. The third-order valence-corrected chi connectivity index (χ3v) is 5.05. The summed E-state index contributed by atoms with van der Waals surface area (Å²) in [6, 6.07) is 13.6. The largest absolute Gasteiger partial charge is 0.379 e. The normalized spacial score (nSPS) is 15.4. The summed E-state index contributed by atoms with van der Waals surface area (Å²) >= 11 is 1.43. The fraction of sp³-hybridized carbons (Fsp3) is 0.333. The molecule has 0 aromatic heterocycles. The van der Waals surface area contributed by atoms with Crippen molar-refractivity contribution in [2.45, 2.75) is 23.3 Å². The molecule has 2 aromatic carbocycles. The summed E-state index contributed by atoms with van der Waals surface area (Å²) in [6.45, 7) is 5.94. The number of nitro benzene ring substituents is 1. The molecule has 0 saturated carbocycles. The molecule has 3 rings (SSSR count). The molecule has 1 saturated heterocycles. The van der Waals surface area contributed by atoms with Crippen molar-refractivity contribution >= 4 is 17.4 Å². The molecule has 1 aliphatic heterocycles. The molecule has 1 fully saturated rings. The van der Waals surface area contributed by atoms with E-state index in [-0.39, 0.29) is 10.6 Å². The van der Waals surface area contributed by atoms with Gasteiger partial charge >= 0.3 is 0 Å². The Labute approximate surface area is 145 Å². The Balaban J connectivity index is 1.79. The molecule has 0 N–H and O–H groups in total. The number of hydrogen-bond donors (Lipinski definition) is 0. The highest BCUT2D eigenvalue weighted by Gasteiger charge is 2.18. The fourth-order valence-corrected chi connectivity index (χ4v) is 3.54. The molecule has 126 valence electrons. The first-order valence-electron chi connectivity index (χ1n) is 7.94. The Bertz CT molecular complexity index is 713. The molecule has 1 heterocycles. The second-order valence-electron chi connectivity index (χ2n) is 5.86. The third-order valence-electron chi connectivity index (χ3n) is 3.98. The van der Waals surface area contributed by atoms with Crippen molar-refractivity contribution in [2.24, 2.45) is 0 Å². The molecule has 0 radical (unpaired) electrons. The molecule has 0 atom stereocenters. The predicted molar refractivity (Wildman–Crippen MR) is 94.5 cm³/mol. The summed E-state index contributed by atoms with van der Waals surface area (Å²) in [5, 5.41) is 11.5. The van der Waals surface area contributed by atoms with Gasteiger partial charge in [-0.3, -0.25) is 15.0 Å². The van der Waals surface area contributed by atoms with E-state index in [4.69, 9.17) is 4.74 Å². The number of morpholine rings is 1. The Morgan fingerprint density at radius 1 is 1.17 bits per heavy atom. The first kappa shape index (κ1) is 17.0. The van der Waals surface area contributed by atoms with Crippen molar-refractivity contribution in [1.29, 1.82) is 0 Å². The van der Waals surface area contributed by atoms with Gasteiger partial charge in [0.2, 0.25) is 0 Å². The summed E-state index contributed by atoms with van der Waals surface area (Å²) in [5.74, 6) is 0. The van der Waals surface area contributed by atoms with Crippen LogP contribution in [-0.2, 0) is 11.3 Å². The van der Waals surface area contributed by atoms with Crippen LogP contribution in [0.5, 0.6) is 0 Å². The van der Waals surface area contributed by atoms with Crippen LogP contribution in [0.25, 0.3) is 0 Å². The number of nitro groups is 1. The topological polar surface area (TPSA) is 55.6 Å². The Kier molecular flexibility index (Phi) is 5.50. The molecule has 5 nitrogen and oxygen atoms in total. The summed E-state index contributed by atoms with van der Waals surface area (Å²) in [5.41, 5.74) is 2.32. The van der Waals surface area contributed by atoms with Crippen LogP contribution in [0.3, 0.4) is 0 Å². The Morgan fingerprint density at radius 3 is 2.54 bits per heavy atom. The third kappa shape index (κ3) is 4.35. The Hall–Kier alpha value is -1.89. The smallest absolute Gasteiger partial charge is 0.283 e. The number of benzene rings is 2. The van der Waals surface area contributed by atoms with Crippen molar-refractivity contribution in [2.75, 3.05) is 26.3 Å². The number of hydrogen-bond acceptors (Lipinski definition) is 5. The van der Waals surface area contributed by atoms with E-state index in [1.807, 2.05) is 43.3 Å². The van der Waals surface area contributed by atoms with Crippen LogP contribution in [0, 0.1) is 17.0 Å². The summed E-state index contributed by atoms with van der Waals surface area (Å²) in [4.78, 5) is 15.1. The molecule has 2 aromatic rings. The lowest BCUT2D eigenvalue weighted by atomic mass is 10.2. The van der Waals surface area contributed by atoms with Gasteiger partial charge in [0.25, 0.3) is 5.69 Å². The number of nitrogens with zero attached hydrogens (tertiary/aromatic N) is 2. The van der Waals surface area contributed by atoms with E-state index in [9.17, 15) is 10.1 Å². The van der Waals surface area contributed by atoms with Gasteiger partial charge < -0.3 is 4.74 Å². The molecule has 0 amide bonds. The highest BCUT2D eigenvalue weighted by atomic mass is 32.2. The molecule has 0 unspecified atom stereocenters. The van der Waals surface area contributed by atoms with Crippen molar-refractivity contribution in [1.82, 2.24) is 4.90 Å². The second kappa shape index (κ2) is 7.79. The van der Waals surface area contributed by atoms with E-state index in [2.05, 4.69) is 4.90 Å². The van der Waals surface area contributed by atoms with Gasteiger partial charge in [0, 0.05) is 30.6 Å². The zero-order chi connectivity index (χ0) is 16.9. The first-order valence-corrected chi connectivity index (χ1v) is 8.75. The SMILES string of the molecule is Cc1ccc(Sc2ccc(CN3CCOCC3)cc2[N+](=O)[O-])cc1. The van der Waals surface area contributed by atoms with Crippen LogP contribution in [0.1, 0.15) is 11.1 Å². The van der Waals surface area contributed by atoms with Crippen LogP contribution in [0.2, 0.25) is 0 Å². The van der Waals surface area contributed by atoms with Crippen molar-refractivity contribution in [3.05, 3.63) is 63.7 Å². The predicted octanol–water partition coefficient (Wildman–Crippen LogP) is 3.89. The quantitative estimate of drug-likeness (QED) is 0.608. The molecule has 0 bridgehead atoms. The maximum absolute atomic E-state index is 11.5. The van der Waals surface area contributed by atoms with E-state index in [1.165, 1.54) is 17.3 Å². The molecule has 24 heavy (non-hydrogen) atoms. The summed E-state index contributed by atoms with van der Waals surface area (Å²) in [6.07, 6.45) is 0. The van der Waals surface area contributed by atoms with Crippen LogP contribution >= 0.6 is 11.8 Å². The zero-order valence-corrected chi connectivity index (χ0v) is 14.4. The molecule has 0 spiro atoms. The van der Waals surface area contributed by atoms with E-state index in [0.717, 1.165) is 43.3 Å². The average Bonchev–Trinajstić information content (AvgIpc) is 2.59. The van der Waals surface area contributed by atoms with Gasteiger partial charge in [-0.25, -0.2) is 0 Å². The number of aryl methyl sites for hydroxylation is 1. The average molecular weight is 344 g/mol. The van der Waals surface area contributed by atoms with Gasteiger partial charge in [0.15, 0.2) is 0 Å². The zero-order valence-electron chi connectivity index (χ0n) is 13.6. The van der Waals surface area contributed by atoms with Gasteiger partial charge in [0.1, 0.15) is 0 Å². The van der Waals surface area contributed by atoms with E-state index < -0.39 is 0 Å². The highest BCUT2D eigenvalue weighted by Crippen LogP contribution is 2.35. The molecule has 1 aliphatic rings. The van der Waals surface area contributed by atoms with E-state index >= 15 is 0 Å². The first-order chi connectivity index (χ1) is 11.6. The van der Waals surface area contributed by atoms with Crippen LogP contribution in [-0.4, -0.2) is 36.1 Å². The minimum absolute atomic E-state index is 0.173. The lowest BCUT2D eigenvalue weighted by molar-refractivity contribution is -0.387. The van der Waals surface area contributed by atoms with Crippen LogP contribution < -0.4 is 0 Å². The molecular weight excluding hydrogens is 324 g/mol. The van der Waals surface area contributed by atoms with E-state index in [1.54, 1.807) is 6.07 Å². The monoisotopic (exact) mass is 344 g/mol. The number of rotatable bonds is 5. The lowest BCUT2D eigenvalue weighted by Crippen LogP contribution is -2.35. The molecular formula is C18H20N2O3S. The minimum atomic E-state index is -0.292. The van der Waals surface area contributed by atoms with Crippen molar-refractivity contribution in [3.8, 4) is 0 Å². The van der Waals surface area contributed by atoms with Crippen LogP contribution in [0.4, 0.5) is 5.69 Å². The van der Waals surface area contributed by atoms with Gasteiger partial charge in [-0.1, -0.05) is 35.5 Å². The second-order valence-corrected chi connectivity index (χ2v) is 6.98. The van der Waals surface area contributed by atoms with Gasteiger partial charge in [-0.05, 0) is 30.7 Å². The standard InChI is InChI=1S/C18H20N2O3S/c1-14-2-5-16(6-3-14)24-18-7-4-15(12-17(18)20(21)22)13-19-8-10-23-11-9-19/h2-7,12H,8-11,13H2,1H3. The van der Waals surface area contributed by atoms with Crippen LogP contribution in [0.15, 0.2) is 52.3 Å². The minimum Gasteiger partial charge on any atom is -0.379 e. The van der Waals surface area contributed by atoms with Crippen molar-refractivity contribution in [3.63, 3.8) is 0 Å². The van der Waals surface area contributed by atoms with E-state index in [0.29, 0.717) is 4.90 Å². The fourth-order valence-electron chi connectivity index (χ4n) is 2.64. The maximum Gasteiger partial charge on any atom is 0.283 e.